The fourth-order valence-corrected chi connectivity index (χ4v) is 3.34. The van der Waals surface area contributed by atoms with Crippen molar-refractivity contribution in [3.05, 3.63) is 59.4 Å². The van der Waals surface area contributed by atoms with Crippen LogP contribution in [-0.4, -0.2) is 15.5 Å². The van der Waals surface area contributed by atoms with Crippen molar-refractivity contribution in [1.82, 2.24) is 0 Å². The number of hydrogen-bond donors (Lipinski definition) is 0. The zero-order valence-corrected chi connectivity index (χ0v) is 12.0. The Morgan fingerprint density at radius 3 is 2.57 bits per heavy atom. The molecule has 0 spiro atoms. The van der Waals surface area contributed by atoms with Crippen LogP contribution in [0.25, 0.3) is 0 Å². The number of benzene rings is 2. The second-order valence-electron chi connectivity index (χ2n) is 4.34. The molecule has 0 atom stereocenters. The molecule has 2 rings (SSSR count). The maximum Gasteiger partial charge on any atom is 0.185 e. The maximum absolute atomic E-state index is 13.6. The standard InChI is InChI=1S/C15H12FNO3S/c1-20-14-8-11(6-7-12(14)9-17)10-21(18,19)15-5-3-2-4-13(15)16/h2-8H,10H2,1H3. The summed E-state index contributed by atoms with van der Waals surface area (Å²) in [5, 5.41) is 8.89. The van der Waals surface area contributed by atoms with Crippen molar-refractivity contribution in [1.29, 1.82) is 5.26 Å². The molecule has 0 aliphatic rings. The molecule has 2 aromatic carbocycles. The molecular weight excluding hydrogens is 293 g/mol. The predicted molar refractivity (Wildman–Crippen MR) is 75.0 cm³/mol. The van der Waals surface area contributed by atoms with E-state index in [1.165, 1.54) is 43.5 Å². The summed E-state index contributed by atoms with van der Waals surface area (Å²) >= 11 is 0. The highest BCUT2D eigenvalue weighted by Gasteiger charge is 2.20. The lowest BCUT2D eigenvalue weighted by Crippen LogP contribution is -2.07. The molecule has 4 nitrogen and oxygen atoms in total. The Balaban J connectivity index is 2.38. The summed E-state index contributed by atoms with van der Waals surface area (Å²) in [6.07, 6.45) is 0. The topological polar surface area (TPSA) is 67.2 Å². The van der Waals surface area contributed by atoms with Gasteiger partial charge >= 0.3 is 0 Å². The van der Waals surface area contributed by atoms with Crippen LogP contribution in [0.1, 0.15) is 11.1 Å². The third kappa shape index (κ3) is 3.20. The summed E-state index contributed by atoms with van der Waals surface area (Å²) in [4.78, 5) is -0.340. The maximum atomic E-state index is 13.6. The molecule has 108 valence electrons. The third-order valence-corrected chi connectivity index (χ3v) is 4.63. The fraction of sp³-hybridized carbons (Fsp3) is 0.133. The lowest BCUT2D eigenvalue weighted by atomic mass is 10.1. The largest absolute Gasteiger partial charge is 0.495 e. The SMILES string of the molecule is COc1cc(CS(=O)(=O)c2ccccc2F)ccc1C#N. The molecule has 0 amide bonds. The number of methoxy groups -OCH3 is 1. The highest BCUT2D eigenvalue weighted by atomic mass is 32.2. The summed E-state index contributed by atoms with van der Waals surface area (Å²) in [5.41, 5.74) is 0.735. The highest BCUT2D eigenvalue weighted by Crippen LogP contribution is 2.24. The first-order valence-corrected chi connectivity index (χ1v) is 7.67. The van der Waals surface area contributed by atoms with Gasteiger partial charge in [-0.15, -0.1) is 0 Å². The minimum absolute atomic E-state index is 0.290. The van der Waals surface area contributed by atoms with E-state index in [0.717, 1.165) is 6.07 Å². The summed E-state index contributed by atoms with van der Waals surface area (Å²) in [5.74, 6) is -0.854. The predicted octanol–water partition coefficient (Wildman–Crippen LogP) is 2.68. The van der Waals surface area contributed by atoms with E-state index in [9.17, 15) is 12.8 Å². The van der Waals surface area contributed by atoms with E-state index in [2.05, 4.69) is 0 Å². The molecule has 0 fully saturated rings. The van der Waals surface area contributed by atoms with Crippen LogP contribution >= 0.6 is 0 Å². The monoisotopic (exact) mass is 305 g/mol. The Bertz CT molecular complexity index is 810. The number of nitrogens with zero attached hydrogens (tertiary/aromatic N) is 1. The van der Waals surface area contributed by atoms with Gasteiger partial charge < -0.3 is 4.74 Å². The molecule has 0 bridgehead atoms. The average Bonchev–Trinajstić information content (AvgIpc) is 2.47. The van der Waals surface area contributed by atoms with Gasteiger partial charge in [0.05, 0.1) is 18.4 Å². The van der Waals surface area contributed by atoms with E-state index in [0.29, 0.717) is 16.9 Å². The summed E-state index contributed by atoms with van der Waals surface area (Å²) < 4.78 is 43.1. The van der Waals surface area contributed by atoms with E-state index in [-0.39, 0.29) is 10.6 Å². The van der Waals surface area contributed by atoms with E-state index in [1.807, 2.05) is 6.07 Å². The van der Waals surface area contributed by atoms with Crippen molar-refractivity contribution in [3.8, 4) is 11.8 Å². The van der Waals surface area contributed by atoms with Crippen molar-refractivity contribution in [2.24, 2.45) is 0 Å². The molecule has 6 heteroatoms. The Morgan fingerprint density at radius 2 is 1.95 bits per heavy atom. The summed E-state index contributed by atoms with van der Waals surface area (Å²) in [7, 11) is -2.41. The number of hydrogen-bond acceptors (Lipinski definition) is 4. The molecule has 0 heterocycles. The minimum atomic E-state index is -3.80. The smallest absolute Gasteiger partial charge is 0.185 e. The van der Waals surface area contributed by atoms with Crippen molar-refractivity contribution >= 4 is 9.84 Å². The minimum Gasteiger partial charge on any atom is -0.495 e. The first kappa shape index (κ1) is 15.0. The van der Waals surface area contributed by atoms with Crippen molar-refractivity contribution in [2.45, 2.75) is 10.6 Å². The van der Waals surface area contributed by atoms with Gasteiger partial charge in [0, 0.05) is 0 Å². The van der Waals surface area contributed by atoms with Gasteiger partial charge in [-0.3, -0.25) is 0 Å². The lowest BCUT2D eigenvalue weighted by Gasteiger charge is -2.08. The number of nitriles is 1. The zero-order chi connectivity index (χ0) is 15.5. The van der Waals surface area contributed by atoms with Crippen LogP contribution in [0, 0.1) is 17.1 Å². The molecule has 0 saturated carbocycles. The number of ether oxygens (including phenoxy) is 1. The molecule has 0 aliphatic heterocycles. The van der Waals surface area contributed by atoms with E-state index < -0.39 is 15.7 Å². The Hall–Kier alpha value is -2.39. The van der Waals surface area contributed by atoms with Gasteiger partial charge in [-0.25, -0.2) is 12.8 Å². The molecule has 2 aromatic rings. The Labute approximate surface area is 122 Å². The molecule has 0 saturated heterocycles. The van der Waals surface area contributed by atoms with Gasteiger partial charge in [-0.05, 0) is 29.8 Å². The Morgan fingerprint density at radius 1 is 1.24 bits per heavy atom. The van der Waals surface area contributed by atoms with Gasteiger partial charge in [-0.2, -0.15) is 5.26 Å². The molecule has 21 heavy (non-hydrogen) atoms. The second-order valence-corrected chi connectivity index (χ2v) is 6.29. The van der Waals surface area contributed by atoms with Crippen molar-refractivity contribution < 1.29 is 17.5 Å². The third-order valence-electron chi connectivity index (χ3n) is 2.91. The van der Waals surface area contributed by atoms with Gasteiger partial charge in [0.15, 0.2) is 9.84 Å². The second kappa shape index (κ2) is 5.94. The molecular formula is C15H12FNO3S. The van der Waals surface area contributed by atoms with E-state index >= 15 is 0 Å². The van der Waals surface area contributed by atoms with Gasteiger partial charge in [-0.1, -0.05) is 18.2 Å². The van der Waals surface area contributed by atoms with Crippen LogP contribution in [0.3, 0.4) is 0 Å². The number of halogens is 1. The van der Waals surface area contributed by atoms with Gasteiger partial charge in [0.1, 0.15) is 22.5 Å². The van der Waals surface area contributed by atoms with Crippen LogP contribution in [0.2, 0.25) is 0 Å². The van der Waals surface area contributed by atoms with Gasteiger partial charge in [0.2, 0.25) is 0 Å². The molecule has 0 N–H and O–H groups in total. The van der Waals surface area contributed by atoms with Crippen molar-refractivity contribution in [3.63, 3.8) is 0 Å². The summed E-state index contributed by atoms with van der Waals surface area (Å²) in [6.45, 7) is 0. The summed E-state index contributed by atoms with van der Waals surface area (Å²) in [6, 6.07) is 11.6. The fourth-order valence-electron chi connectivity index (χ4n) is 1.91. The average molecular weight is 305 g/mol. The molecule has 0 unspecified atom stereocenters. The normalized spacial score (nSPS) is 10.9. The first-order valence-electron chi connectivity index (χ1n) is 6.02. The van der Waals surface area contributed by atoms with E-state index in [1.54, 1.807) is 0 Å². The van der Waals surface area contributed by atoms with Crippen LogP contribution in [-0.2, 0) is 15.6 Å². The van der Waals surface area contributed by atoms with Crippen LogP contribution in [0.15, 0.2) is 47.4 Å². The highest BCUT2D eigenvalue weighted by molar-refractivity contribution is 7.90. The number of sulfone groups is 1. The quantitative estimate of drug-likeness (QED) is 0.871. The van der Waals surface area contributed by atoms with Crippen LogP contribution in [0.5, 0.6) is 5.75 Å². The van der Waals surface area contributed by atoms with Gasteiger partial charge in [0.25, 0.3) is 0 Å². The van der Waals surface area contributed by atoms with Crippen LogP contribution in [0.4, 0.5) is 4.39 Å². The van der Waals surface area contributed by atoms with Crippen LogP contribution < -0.4 is 4.74 Å². The molecule has 0 aromatic heterocycles. The van der Waals surface area contributed by atoms with E-state index in [4.69, 9.17) is 10.00 Å². The molecule has 0 aliphatic carbocycles. The lowest BCUT2D eigenvalue weighted by molar-refractivity contribution is 0.413. The number of rotatable bonds is 4. The first-order chi connectivity index (χ1) is 9.97. The Kier molecular flexibility index (Phi) is 4.24. The van der Waals surface area contributed by atoms with Crippen molar-refractivity contribution in [2.75, 3.05) is 7.11 Å². The molecule has 0 radical (unpaired) electrons. The zero-order valence-electron chi connectivity index (χ0n) is 11.2.